The Bertz CT molecular complexity index is 682. The smallest absolute Gasteiger partial charge is 0.245 e. The summed E-state index contributed by atoms with van der Waals surface area (Å²) in [4.78, 5) is 16.6. The lowest BCUT2D eigenvalue weighted by Crippen LogP contribution is -2.46. The van der Waals surface area contributed by atoms with Crippen LogP contribution >= 0.6 is 0 Å². The van der Waals surface area contributed by atoms with Gasteiger partial charge in [0.05, 0.1) is 18.6 Å². The van der Waals surface area contributed by atoms with Gasteiger partial charge in [-0.15, -0.1) is 0 Å². The molecule has 0 fully saturated rings. The number of carbonyl (C=O) groups is 1. The topological polar surface area (TPSA) is 56.2 Å². The van der Waals surface area contributed by atoms with Crippen LogP contribution in [0.2, 0.25) is 0 Å². The maximum atomic E-state index is 13.1. The van der Waals surface area contributed by atoms with Crippen molar-refractivity contribution in [3.8, 4) is 5.75 Å². The standard InChI is InChI=1S/C17H22FN3O2/c1-12-10-21(11-20-12)17(3,4)16(22)19-9-13(2)23-15-7-5-6-14(18)8-15/h5-8,10-11,13H,9H2,1-4H3,(H,19,22). The molecule has 5 nitrogen and oxygen atoms in total. The van der Waals surface area contributed by atoms with Gasteiger partial charge in [-0.2, -0.15) is 0 Å². The van der Waals surface area contributed by atoms with E-state index in [1.54, 1.807) is 23.0 Å². The average Bonchev–Trinajstić information content (AvgIpc) is 2.92. The van der Waals surface area contributed by atoms with E-state index in [0.717, 1.165) is 5.69 Å². The summed E-state index contributed by atoms with van der Waals surface area (Å²) in [6.45, 7) is 7.66. The van der Waals surface area contributed by atoms with Gasteiger partial charge in [0.2, 0.25) is 5.91 Å². The summed E-state index contributed by atoms with van der Waals surface area (Å²) in [5.41, 5.74) is 0.105. The zero-order chi connectivity index (χ0) is 17.0. The quantitative estimate of drug-likeness (QED) is 0.890. The number of aromatic nitrogens is 2. The van der Waals surface area contributed by atoms with Crippen molar-refractivity contribution in [2.45, 2.75) is 39.3 Å². The van der Waals surface area contributed by atoms with E-state index in [0.29, 0.717) is 12.3 Å². The minimum Gasteiger partial charge on any atom is -0.489 e. The van der Waals surface area contributed by atoms with Crippen molar-refractivity contribution in [3.63, 3.8) is 0 Å². The molecule has 1 aromatic carbocycles. The Morgan fingerprint density at radius 2 is 2.22 bits per heavy atom. The Kier molecular flexibility index (Phi) is 5.03. The van der Waals surface area contributed by atoms with E-state index in [1.807, 2.05) is 33.9 Å². The Balaban J connectivity index is 1.90. The Morgan fingerprint density at radius 1 is 1.48 bits per heavy atom. The van der Waals surface area contributed by atoms with Crippen molar-refractivity contribution < 1.29 is 13.9 Å². The van der Waals surface area contributed by atoms with E-state index in [2.05, 4.69) is 10.3 Å². The molecule has 23 heavy (non-hydrogen) atoms. The summed E-state index contributed by atoms with van der Waals surface area (Å²) in [7, 11) is 0. The number of carbonyl (C=O) groups excluding carboxylic acids is 1. The third-order valence-corrected chi connectivity index (χ3v) is 3.60. The number of ether oxygens (including phenoxy) is 1. The van der Waals surface area contributed by atoms with Crippen LogP contribution in [-0.2, 0) is 10.3 Å². The fourth-order valence-corrected chi connectivity index (χ4v) is 2.11. The van der Waals surface area contributed by atoms with Gasteiger partial charge in [-0.3, -0.25) is 4.79 Å². The maximum Gasteiger partial charge on any atom is 0.245 e. The number of amides is 1. The number of benzene rings is 1. The minimum atomic E-state index is -0.750. The lowest BCUT2D eigenvalue weighted by Gasteiger charge is -2.26. The molecule has 2 aromatic rings. The molecular weight excluding hydrogens is 297 g/mol. The fraction of sp³-hybridized carbons (Fsp3) is 0.412. The van der Waals surface area contributed by atoms with Crippen molar-refractivity contribution in [2.75, 3.05) is 6.54 Å². The summed E-state index contributed by atoms with van der Waals surface area (Å²) < 4.78 is 20.5. The molecule has 6 heteroatoms. The van der Waals surface area contributed by atoms with Crippen molar-refractivity contribution in [1.82, 2.24) is 14.9 Å². The average molecular weight is 319 g/mol. The molecule has 0 saturated heterocycles. The SMILES string of the molecule is Cc1cn(C(C)(C)C(=O)NCC(C)Oc2cccc(F)c2)cn1. The largest absolute Gasteiger partial charge is 0.489 e. The van der Waals surface area contributed by atoms with Crippen LogP contribution in [0.1, 0.15) is 26.5 Å². The first kappa shape index (κ1) is 17.0. The lowest BCUT2D eigenvalue weighted by atomic mass is 10.0. The van der Waals surface area contributed by atoms with Gasteiger partial charge >= 0.3 is 0 Å². The van der Waals surface area contributed by atoms with E-state index in [4.69, 9.17) is 4.74 Å². The molecule has 1 atom stereocenters. The number of hydrogen-bond acceptors (Lipinski definition) is 3. The second-order valence-electron chi connectivity index (χ2n) is 6.08. The molecule has 1 N–H and O–H groups in total. The van der Waals surface area contributed by atoms with Gasteiger partial charge in [0, 0.05) is 12.3 Å². The molecule has 1 unspecified atom stereocenters. The molecule has 0 aliphatic heterocycles. The second kappa shape index (κ2) is 6.81. The highest BCUT2D eigenvalue weighted by Crippen LogP contribution is 2.16. The molecule has 2 rings (SSSR count). The Morgan fingerprint density at radius 3 is 2.83 bits per heavy atom. The third-order valence-electron chi connectivity index (χ3n) is 3.60. The monoisotopic (exact) mass is 319 g/mol. The van der Waals surface area contributed by atoms with Crippen LogP contribution in [-0.4, -0.2) is 28.1 Å². The van der Waals surface area contributed by atoms with E-state index in [1.165, 1.54) is 12.1 Å². The van der Waals surface area contributed by atoms with E-state index >= 15 is 0 Å². The summed E-state index contributed by atoms with van der Waals surface area (Å²) in [6, 6.07) is 5.94. The summed E-state index contributed by atoms with van der Waals surface area (Å²) in [5.74, 6) is -0.0452. The number of aryl methyl sites for hydroxylation is 1. The zero-order valence-corrected chi connectivity index (χ0v) is 13.8. The highest BCUT2D eigenvalue weighted by atomic mass is 19.1. The van der Waals surface area contributed by atoms with Crippen LogP contribution in [0, 0.1) is 12.7 Å². The number of halogens is 1. The molecule has 0 radical (unpaired) electrons. The number of imidazole rings is 1. The van der Waals surface area contributed by atoms with Gasteiger partial charge in [-0.25, -0.2) is 9.37 Å². The zero-order valence-electron chi connectivity index (χ0n) is 13.8. The summed E-state index contributed by atoms with van der Waals surface area (Å²) >= 11 is 0. The van der Waals surface area contributed by atoms with Crippen molar-refractivity contribution in [1.29, 1.82) is 0 Å². The van der Waals surface area contributed by atoms with Gasteiger partial charge in [-0.05, 0) is 39.8 Å². The minimum absolute atomic E-state index is 0.135. The van der Waals surface area contributed by atoms with Gasteiger partial charge < -0.3 is 14.6 Å². The molecule has 0 saturated carbocycles. The highest BCUT2D eigenvalue weighted by molar-refractivity contribution is 5.83. The van der Waals surface area contributed by atoms with E-state index < -0.39 is 5.54 Å². The number of nitrogens with one attached hydrogen (secondary N) is 1. The van der Waals surface area contributed by atoms with E-state index in [-0.39, 0.29) is 17.8 Å². The maximum absolute atomic E-state index is 13.1. The molecule has 1 heterocycles. The van der Waals surface area contributed by atoms with Crippen molar-refractivity contribution in [3.05, 3.63) is 48.3 Å². The van der Waals surface area contributed by atoms with Crippen molar-refractivity contribution >= 4 is 5.91 Å². The number of rotatable bonds is 6. The first-order chi connectivity index (χ1) is 10.8. The van der Waals surface area contributed by atoms with Crippen LogP contribution < -0.4 is 10.1 Å². The first-order valence-corrected chi connectivity index (χ1v) is 7.50. The number of nitrogens with zero attached hydrogens (tertiary/aromatic N) is 2. The van der Waals surface area contributed by atoms with Gasteiger partial charge in [0.25, 0.3) is 0 Å². The first-order valence-electron chi connectivity index (χ1n) is 7.50. The molecule has 1 amide bonds. The predicted octanol–water partition coefficient (Wildman–Crippen LogP) is 2.65. The fourth-order valence-electron chi connectivity index (χ4n) is 2.11. The molecule has 1 aromatic heterocycles. The van der Waals surface area contributed by atoms with Crippen LogP contribution in [0.25, 0.3) is 0 Å². The van der Waals surface area contributed by atoms with Gasteiger partial charge in [0.15, 0.2) is 0 Å². The molecule has 124 valence electrons. The van der Waals surface area contributed by atoms with Crippen LogP contribution in [0.15, 0.2) is 36.8 Å². The van der Waals surface area contributed by atoms with Crippen LogP contribution in [0.3, 0.4) is 0 Å². The van der Waals surface area contributed by atoms with Gasteiger partial charge in [-0.1, -0.05) is 6.07 Å². The normalized spacial score (nSPS) is 12.7. The lowest BCUT2D eigenvalue weighted by molar-refractivity contribution is -0.128. The molecular formula is C17H22FN3O2. The summed E-state index contributed by atoms with van der Waals surface area (Å²) in [6.07, 6.45) is 3.19. The Labute approximate surface area is 135 Å². The Hall–Kier alpha value is -2.37. The van der Waals surface area contributed by atoms with Crippen LogP contribution in [0.4, 0.5) is 4.39 Å². The van der Waals surface area contributed by atoms with E-state index in [9.17, 15) is 9.18 Å². The number of hydrogen-bond donors (Lipinski definition) is 1. The molecule has 0 aliphatic rings. The van der Waals surface area contributed by atoms with Crippen LogP contribution in [0.5, 0.6) is 5.75 Å². The predicted molar refractivity (Wildman–Crippen MR) is 85.8 cm³/mol. The molecule has 0 bridgehead atoms. The van der Waals surface area contributed by atoms with Gasteiger partial charge in [0.1, 0.15) is 23.2 Å². The molecule has 0 aliphatic carbocycles. The third kappa shape index (κ3) is 4.31. The van der Waals surface area contributed by atoms with Crippen molar-refractivity contribution in [2.24, 2.45) is 0 Å². The summed E-state index contributed by atoms with van der Waals surface area (Å²) in [5, 5.41) is 2.86. The second-order valence-corrected chi connectivity index (χ2v) is 6.08. The molecule has 0 spiro atoms. The highest BCUT2D eigenvalue weighted by Gasteiger charge is 2.29.